The zero-order valence-electron chi connectivity index (χ0n) is 25.3. The molecule has 0 saturated carbocycles. The summed E-state index contributed by atoms with van der Waals surface area (Å²) < 4.78 is 51.0. The zero-order valence-corrected chi connectivity index (χ0v) is 25.3. The van der Waals surface area contributed by atoms with Gasteiger partial charge in [-0.05, 0) is 66.6 Å². The lowest BCUT2D eigenvalue weighted by Gasteiger charge is -2.21. The Hall–Kier alpha value is -3.61. The van der Waals surface area contributed by atoms with E-state index in [1.165, 1.54) is 68.4 Å². The van der Waals surface area contributed by atoms with E-state index >= 15 is 0 Å². The number of unbranched alkanes of at least 4 members (excludes halogenated alkanes) is 8. The molecular weight excluding hydrogens is 553 g/mol. The molecule has 4 nitrogen and oxygen atoms in total. The van der Waals surface area contributed by atoms with Crippen molar-refractivity contribution in [2.75, 3.05) is 0 Å². The number of hydrogen-bond acceptors (Lipinski definition) is 4. The highest BCUT2D eigenvalue weighted by atomic mass is 19.4. The molecule has 0 radical (unpaired) electrons. The lowest BCUT2D eigenvalue weighted by molar-refractivity contribution is -0.206. The summed E-state index contributed by atoms with van der Waals surface area (Å²) in [5.74, 6) is -2.07. The van der Waals surface area contributed by atoms with E-state index in [4.69, 9.17) is 9.47 Å². The monoisotopic (exact) mass is 596 g/mol. The second-order valence-corrected chi connectivity index (χ2v) is 11.0. The molecule has 0 unspecified atom stereocenters. The minimum absolute atomic E-state index is 0.158. The van der Waals surface area contributed by atoms with E-state index in [0.717, 1.165) is 30.4 Å². The van der Waals surface area contributed by atoms with Gasteiger partial charge in [0, 0.05) is 0 Å². The van der Waals surface area contributed by atoms with Crippen molar-refractivity contribution in [3.05, 3.63) is 89.5 Å². The van der Waals surface area contributed by atoms with Crippen molar-refractivity contribution in [1.82, 2.24) is 0 Å². The van der Waals surface area contributed by atoms with Gasteiger partial charge < -0.3 is 9.47 Å². The smallest absolute Gasteiger partial charge is 0.425 e. The number of rotatable bonds is 17. The Bertz CT molecular complexity index is 1270. The molecule has 0 aliphatic rings. The number of alkyl halides is 3. The van der Waals surface area contributed by atoms with Crippen LogP contribution in [0.4, 0.5) is 13.2 Å². The van der Waals surface area contributed by atoms with Crippen LogP contribution in [0.25, 0.3) is 11.1 Å². The molecule has 0 saturated heterocycles. The molecule has 232 valence electrons. The first-order valence-corrected chi connectivity index (χ1v) is 15.5. The molecule has 3 aromatic carbocycles. The number of carbonyl (C=O) groups excluding carboxylic acids is 2. The number of esters is 2. The Morgan fingerprint density at radius 1 is 0.674 bits per heavy atom. The third-order valence-electron chi connectivity index (χ3n) is 7.47. The van der Waals surface area contributed by atoms with Crippen LogP contribution in [-0.2, 0) is 11.2 Å². The van der Waals surface area contributed by atoms with Crippen LogP contribution in [0.2, 0.25) is 0 Å². The van der Waals surface area contributed by atoms with Crippen molar-refractivity contribution < 1.29 is 32.2 Å². The maximum atomic E-state index is 13.5. The van der Waals surface area contributed by atoms with Crippen LogP contribution < -0.4 is 4.74 Å². The van der Waals surface area contributed by atoms with Gasteiger partial charge in [0.05, 0.1) is 5.56 Å². The summed E-state index contributed by atoms with van der Waals surface area (Å²) >= 11 is 0. The molecule has 0 spiro atoms. The molecule has 0 N–H and O–H groups in total. The van der Waals surface area contributed by atoms with E-state index < -0.39 is 24.2 Å². The fraction of sp³-hybridized carbons (Fsp3) is 0.444. The highest BCUT2D eigenvalue weighted by molar-refractivity contribution is 5.96. The van der Waals surface area contributed by atoms with E-state index in [1.807, 2.05) is 19.1 Å². The molecule has 43 heavy (non-hydrogen) atoms. The normalized spacial score (nSPS) is 12.1. The summed E-state index contributed by atoms with van der Waals surface area (Å²) in [5, 5.41) is 0. The molecule has 0 amide bonds. The quantitative estimate of drug-likeness (QED) is 0.0884. The number of benzene rings is 3. The van der Waals surface area contributed by atoms with Gasteiger partial charge in [-0.1, -0.05) is 114 Å². The average molecular weight is 597 g/mol. The van der Waals surface area contributed by atoms with Crippen LogP contribution in [-0.4, -0.2) is 24.2 Å². The molecule has 0 bridgehead atoms. The fourth-order valence-corrected chi connectivity index (χ4v) is 4.89. The Balaban J connectivity index is 1.60. The van der Waals surface area contributed by atoms with Crippen LogP contribution in [0.5, 0.6) is 5.75 Å². The van der Waals surface area contributed by atoms with Gasteiger partial charge in [0.25, 0.3) is 0 Å². The van der Waals surface area contributed by atoms with Gasteiger partial charge in [-0.25, -0.2) is 9.59 Å². The average Bonchev–Trinajstić information content (AvgIpc) is 3.00. The summed E-state index contributed by atoms with van der Waals surface area (Å²) in [4.78, 5) is 25.6. The number of hydrogen-bond donors (Lipinski definition) is 0. The lowest BCUT2D eigenvalue weighted by Crippen LogP contribution is -2.34. The van der Waals surface area contributed by atoms with Crippen LogP contribution in [0.1, 0.15) is 111 Å². The van der Waals surface area contributed by atoms with Crippen LogP contribution in [0.3, 0.4) is 0 Å². The van der Waals surface area contributed by atoms with Crippen molar-refractivity contribution in [1.29, 1.82) is 0 Å². The summed E-state index contributed by atoms with van der Waals surface area (Å²) in [7, 11) is 0. The molecule has 3 rings (SSSR count). The third kappa shape index (κ3) is 11.2. The lowest BCUT2D eigenvalue weighted by atomic mass is 10.00. The number of aryl methyl sites for hydroxylation is 1. The molecule has 3 aromatic rings. The van der Waals surface area contributed by atoms with E-state index in [2.05, 4.69) is 31.2 Å². The van der Waals surface area contributed by atoms with Gasteiger partial charge in [0.15, 0.2) is 6.10 Å². The minimum atomic E-state index is -4.69. The second-order valence-electron chi connectivity index (χ2n) is 11.0. The van der Waals surface area contributed by atoms with Gasteiger partial charge in [0.2, 0.25) is 0 Å². The Morgan fingerprint density at radius 2 is 1.23 bits per heavy atom. The molecule has 7 heteroatoms. The topological polar surface area (TPSA) is 52.6 Å². The molecule has 0 aliphatic heterocycles. The van der Waals surface area contributed by atoms with Gasteiger partial charge in [-0.2, -0.15) is 13.2 Å². The first-order valence-electron chi connectivity index (χ1n) is 15.5. The Kier molecular flexibility index (Phi) is 13.8. The number of para-hydroxylation sites is 1. The van der Waals surface area contributed by atoms with Gasteiger partial charge in [-0.15, -0.1) is 0 Å². The summed E-state index contributed by atoms with van der Waals surface area (Å²) in [5.41, 5.74) is 3.26. The van der Waals surface area contributed by atoms with E-state index in [-0.39, 0.29) is 23.3 Å². The Morgan fingerprint density at radius 3 is 1.86 bits per heavy atom. The Labute approximate surface area is 253 Å². The fourth-order valence-electron chi connectivity index (χ4n) is 4.89. The molecule has 0 fully saturated rings. The number of ether oxygens (including phenoxy) is 2. The highest BCUT2D eigenvalue weighted by Gasteiger charge is 2.42. The van der Waals surface area contributed by atoms with Crippen LogP contribution >= 0.6 is 0 Å². The number of halogens is 3. The molecule has 1 atom stereocenters. The summed E-state index contributed by atoms with van der Waals surface area (Å²) in [6.07, 6.45) is 4.01. The summed E-state index contributed by atoms with van der Waals surface area (Å²) in [6.45, 7) is 4.18. The van der Waals surface area contributed by atoms with E-state index in [1.54, 1.807) is 12.1 Å². The van der Waals surface area contributed by atoms with Crippen molar-refractivity contribution in [3.8, 4) is 16.9 Å². The molecule has 0 aliphatic carbocycles. The van der Waals surface area contributed by atoms with Gasteiger partial charge in [0.1, 0.15) is 11.3 Å². The van der Waals surface area contributed by atoms with Crippen molar-refractivity contribution in [2.45, 2.75) is 103 Å². The number of carbonyl (C=O) groups is 2. The van der Waals surface area contributed by atoms with Crippen molar-refractivity contribution in [2.24, 2.45) is 0 Å². The first-order chi connectivity index (χ1) is 20.7. The minimum Gasteiger partial charge on any atom is -0.449 e. The van der Waals surface area contributed by atoms with E-state index in [0.29, 0.717) is 12.8 Å². The maximum absolute atomic E-state index is 13.5. The van der Waals surface area contributed by atoms with E-state index in [9.17, 15) is 22.8 Å². The van der Waals surface area contributed by atoms with Crippen molar-refractivity contribution in [3.63, 3.8) is 0 Å². The van der Waals surface area contributed by atoms with Gasteiger partial charge in [-0.3, -0.25) is 0 Å². The van der Waals surface area contributed by atoms with Crippen LogP contribution in [0, 0.1) is 0 Å². The highest BCUT2D eigenvalue weighted by Crippen LogP contribution is 2.30. The van der Waals surface area contributed by atoms with Crippen LogP contribution in [0.15, 0.2) is 72.8 Å². The second kappa shape index (κ2) is 17.5. The largest absolute Gasteiger partial charge is 0.449 e. The summed E-state index contributed by atoms with van der Waals surface area (Å²) in [6, 6.07) is 20.9. The molecular formula is C36H43F3O4. The maximum Gasteiger partial charge on any atom is 0.425 e. The zero-order chi connectivity index (χ0) is 31.1. The SMILES string of the molecule is CCCCCCCCc1ccc(-c2ccc(C(=O)Oc3ccccc3C(=O)O[C@H](CCCCCC)C(F)(F)F)cc2)cc1. The first kappa shape index (κ1) is 33.9. The molecule has 0 aromatic heterocycles. The predicted molar refractivity (Wildman–Crippen MR) is 164 cm³/mol. The third-order valence-corrected chi connectivity index (χ3v) is 7.47. The standard InChI is InChI=1S/C36H43F3O4/c1-3-5-7-9-10-11-15-27-19-21-28(22-20-27)29-23-25-30(26-24-29)34(40)42-32-17-14-13-16-31(32)35(41)43-33(36(37,38)39)18-12-8-6-4-2/h13-14,16-17,19-26,33H,3-12,15,18H2,1-2H3/t33-/m1/s1. The predicted octanol–water partition coefficient (Wildman–Crippen LogP) is 10.5. The molecule has 0 heterocycles. The van der Waals surface area contributed by atoms with Gasteiger partial charge >= 0.3 is 18.1 Å². The van der Waals surface area contributed by atoms with Crippen molar-refractivity contribution >= 4 is 11.9 Å².